The van der Waals surface area contributed by atoms with E-state index in [1.807, 2.05) is 31.2 Å². The molecule has 0 heterocycles. The van der Waals surface area contributed by atoms with E-state index < -0.39 is 5.97 Å². The number of hydrogen-bond acceptors (Lipinski definition) is 2. The second-order valence-corrected chi connectivity index (χ2v) is 4.67. The Labute approximate surface area is 107 Å². The van der Waals surface area contributed by atoms with E-state index in [-0.39, 0.29) is 18.2 Å². The SMILES string of the molecule is Cc1cccc(CC(=O)NCC(C)CC(=O)O)c1. The first-order chi connectivity index (χ1) is 8.47. The smallest absolute Gasteiger partial charge is 0.303 e. The standard InChI is InChI=1S/C14H19NO3/c1-10-4-3-5-12(6-10)8-13(16)15-9-11(2)7-14(17)18/h3-6,11H,7-9H2,1-2H3,(H,15,16)(H,17,18). The highest BCUT2D eigenvalue weighted by atomic mass is 16.4. The molecule has 0 saturated heterocycles. The summed E-state index contributed by atoms with van der Waals surface area (Å²) in [6.45, 7) is 4.19. The van der Waals surface area contributed by atoms with Gasteiger partial charge in [-0.25, -0.2) is 0 Å². The van der Waals surface area contributed by atoms with Crippen LogP contribution in [0.15, 0.2) is 24.3 Å². The number of hydrogen-bond donors (Lipinski definition) is 2. The van der Waals surface area contributed by atoms with Crippen LogP contribution in [0.1, 0.15) is 24.5 Å². The van der Waals surface area contributed by atoms with E-state index in [1.54, 1.807) is 6.92 Å². The summed E-state index contributed by atoms with van der Waals surface area (Å²) >= 11 is 0. The third-order valence-electron chi connectivity index (χ3n) is 2.62. The van der Waals surface area contributed by atoms with Crippen LogP contribution in [0.5, 0.6) is 0 Å². The molecule has 0 saturated carbocycles. The van der Waals surface area contributed by atoms with E-state index in [9.17, 15) is 9.59 Å². The number of carbonyl (C=O) groups excluding carboxylic acids is 1. The second kappa shape index (κ2) is 6.79. The van der Waals surface area contributed by atoms with Gasteiger partial charge in [-0.05, 0) is 18.4 Å². The fourth-order valence-corrected chi connectivity index (χ4v) is 1.73. The van der Waals surface area contributed by atoms with Crippen molar-refractivity contribution in [3.05, 3.63) is 35.4 Å². The lowest BCUT2D eigenvalue weighted by Gasteiger charge is -2.10. The van der Waals surface area contributed by atoms with Gasteiger partial charge in [0.05, 0.1) is 6.42 Å². The zero-order chi connectivity index (χ0) is 13.5. The lowest BCUT2D eigenvalue weighted by Crippen LogP contribution is -2.30. The second-order valence-electron chi connectivity index (χ2n) is 4.67. The minimum absolute atomic E-state index is 0.0519. The summed E-state index contributed by atoms with van der Waals surface area (Å²) in [4.78, 5) is 22.1. The monoisotopic (exact) mass is 249 g/mol. The van der Waals surface area contributed by atoms with Crippen molar-refractivity contribution in [1.29, 1.82) is 0 Å². The van der Waals surface area contributed by atoms with Crippen LogP contribution in [-0.2, 0) is 16.0 Å². The summed E-state index contributed by atoms with van der Waals surface area (Å²) < 4.78 is 0. The number of carboxylic acid groups (broad SMARTS) is 1. The third kappa shape index (κ3) is 5.48. The third-order valence-corrected chi connectivity index (χ3v) is 2.62. The van der Waals surface area contributed by atoms with Crippen LogP contribution in [0.25, 0.3) is 0 Å². The van der Waals surface area contributed by atoms with E-state index in [0.717, 1.165) is 11.1 Å². The van der Waals surface area contributed by atoms with Crippen molar-refractivity contribution in [2.45, 2.75) is 26.7 Å². The van der Waals surface area contributed by atoms with Crippen LogP contribution < -0.4 is 5.32 Å². The molecule has 18 heavy (non-hydrogen) atoms. The number of aliphatic carboxylic acids is 1. The Kier molecular flexibility index (Phi) is 5.36. The molecule has 1 unspecified atom stereocenters. The van der Waals surface area contributed by atoms with Crippen molar-refractivity contribution in [1.82, 2.24) is 5.32 Å². The fourth-order valence-electron chi connectivity index (χ4n) is 1.73. The molecule has 0 aliphatic heterocycles. The molecule has 1 amide bonds. The molecular weight excluding hydrogens is 230 g/mol. The number of amides is 1. The summed E-state index contributed by atoms with van der Waals surface area (Å²) in [6.07, 6.45) is 0.409. The Morgan fingerprint density at radius 1 is 1.39 bits per heavy atom. The van der Waals surface area contributed by atoms with Gasteiger partial charge in [0.15, 0.2) is 0 Å². The molecule has 0 radical (unpaired) electrons. The summed E-state index contributed by atoms with van der Waals surface area (Å²) in [5.41, 5.74) is 2.10. The highest BCUT2D eigenvalue weighted by molar-refractivity contribution is 5.78. The van der Waals surface area contributed by atoms with Gasteiger partial charge >= 0.3 is 5.97 Å². The Hall–Kier alpha value is -1.84. The van der Waals surface area contributed by atoms with Crippen LogP contribution in [0.3, 0.4) is 0 Å². The van der Waals surface area contributed by atoms with Crippen LogP contribution in [0, 0.1) is 12.8 Å². The predicted octanol–water partition coefficient (Wildman–Crippen LogP) is 1.76. The highest BCUT2D eigenvalue weighted by Gasteiger charge is 2.09. The van der Waals surface area contributed by atoms with Gasteiger partial charge in [0.25, 0.3) is 0 Å². The average molecular weight is 249 g/mol. The average Bonchev–Trinajstić information content (AvgIpc) is 2.25. The molecule has 1 atom stereocenters. The Balaban J connectivity index is 2.36. The summed E-state index contributed by atoms with van der Waals surface area (Å²) in [5, 5.41) is 11.4. The number of rotatable bonds is 6. The van der Waals surface area contributed by atoms with Gasteiger partial charge < -0.3 is 10.4 Å². The molecule has 0 aromatic heterocycles. The molecule has 4 heteroatoms. The van der Waals surface area contributed by atoms with Crippen LogP contribution in [0.2, 0.25) is 0 Å². The molecule has 4 nitrogen and oxygen atoms in total. The lowest BCUT2D eigenvalue weighted by molar-refractivity contribution is -0.138. The summed E-state index contributed by atoms with van der Waals surface area (Å²) in [5.74, 6) is -0.961. The van der Waals surface area contributed by atoms with Crippen LogP contribution in [-0.4, -0.2) is 23.5 Å². The van der Waals surface area contributed by atoms with E-state index in [2.05, 4.69) is 5.32 Å². The van der Waals surface area contributed by atoms with E-state index in [4.69, 9.17) is 5.11 Å². The van der Waals surface area contributed by atoms with Crippen molar-refractivity contribution >= 4 is 11.9 Å². The molecule has 1 aromatic carbocycles. The zero-order valence-corrected chi connectivity index (χ0v) is 10.8. The molecule has 1 aromatic rings. The van der Waals surface area contributed by atoms with Gasteiger partial charge in [-0.3, -0.25) is 9.59 Å². The number of nitrogens with one attached hydrogen (secondary N) is 1. The molecule has 98 valence electrons. The van der Waals surface area contributed by atoms with Crippen molar-refractivity contribution in [2.24, 2.45) is 5.92 Å². The first kappa shape index (κ1) is 14.2. The predicted molar refractivity (Wildman–Crippen MR) is 69.3 cm³/mol. The summed E-state index contributed by atoms with van der Waals surface area (Å²) in [7, 11) is 0. The number of aryl methyl sites for hydroxylation is 1. The van der Waals surface area contributed by atoms with Crippen molar-refractivity contribution in [2.75, 3.05) is 6.54 Å². The maximum Gasteiger partial charge on any atom is 0.303 e. The molecule has 0 fully saturated rings. The molecule has 2 N–H and O–H groups in total. The molecule has 0 spiro atoms. The van der Waals surface area contributed by atoms with Crippen LogP contribution >= 0.6 is 0 Å². The van der Waals surface area contributed by atoms with Gasteiger partial charge in [0.1, 0.15) is 0 Å². The largest absolute Gasteiger partial charge is 0.481 e. The fraction of sp³-hybridized carbons (Fsp3) is 0.429. The number of benzene rings is 1. The molecule has 0 aliphatic carbocycles. The molecule has 1 rings (SSSR count). The maximum atomic E-state index is 11.7. The first-order valence-corrected chi connectivity index (χ1v) is 6.01. The van der Waals surface area contributed by atoms with E-state index in [0.29, 0.717) is 13.0 Å². The molecular formula is C14H19NO3. The topological polar surface area (TPSA) is 66.4 Å². The number of carbonyl (C=O) groups is 2. The Morgan fingerprint density at radius 3 is 2.72 bits per heavy atom. The van der Waals surface area contributed by atoms with Gasteiger partial charge in [-0.2, -0.15) is 0 Å². The normalized spacial score (nSPS) is 11.9. The Bertz CT molecular complexity index is 429. The van der Waals surface area contributed by atoms with Crippen molar-refractivity contribution in [3.63, 3.8) is 0 Å². The maximum absolute atomic E-state index is 11.7. The molecule has 0 bridgehead atoms. The van der Waals surface area contributed by atoms with E-state index in [1.165, 1.54) is 0 Å². The van der Waals surface area contributed by atoms with Gasteiger partial charge in [-0.15, -0.1) is 0 Å². The van der Waals surface area contributed by atoms with Gasteiger partial charge in [-0.1, -0.05) is 36.8 Å². The lowest BCUT2D eigenvalue weighted by atomic mass is 10.1. The minimum Gasteiger partial charge on any atom is -0.481 e. The van der Waals surface area contributed by atoms with Gasteiger partial charge in [0, 0.05) is 13.0 Å². The first-order valence-electron chi connectivity index (χ1n) is 6.01. The van der Waals surface area contributed by atoms with Crippen molar-refractivity contribution < 1.29 is 14.7 Å². The van der Waals surface area contributed by atoms with Crippen LogP contribution in [0.4, 0.5) is 0 Å². The molecule has 0 aliphatic rings. The van der Waals surface area contributed by atoms with E-state index >= 15 is 0 Å². The number of carboxylic acids is 1. The Morgan fingerprint density at radius 2 is 2.11 bits per heavy atom. The quantitative estimate of drug-likeness (QED) is 0.807. The zero-order valence-electron chi connectivity index (χ0n) is 10.8. The highest BCUT2D eigenvalue weighted by Crippen LogP contribution is 2.05. The summed E-state index contributed by atoms with van der Waals surface area (Å²) in [6, 6.07) is 7.79. The van der Waals surface area contributed by atoms with Gasteiger partial charge in [0.2, 0.25) is 5.91 Å². The minimum atomic E-state index is -0.838. The van der Waals surface area contributed by atoms with Crippen molar-refractivity contribution in [3.8, 4) is 0 Å².